The first-order valence-electron chi connectivity index (χ1n) is 5.12. The van der Waals surface area contributed by atoms with E-state index < -0.39 is 17.8 Å². The van der Waals surface area contributed by atoms with Gasteiger partial charge in [-0.15, -0.1) is 0 Å². The molecule has 0 saturated heterocycles. The number of hydrogen-bond donors (Lipinski definition) is 2. The quantitative estimate of drug-likeness (QED) is 0.880. The molecular formula is C11H8F3N3O2. The molecule has 2 amide bonds. The lowest BCUT2D eigenvalue weighted by atomic mass is 10.1. The summed E-state index contributed by atoms with van der Waals surface area (Å²) >= 11 is 0. The maximum atomic E-state index is 12.7. The molecule has 8 heteroatoms. The van der Waals surface area contributed by atoms with Crippen LogP contribution in [-0.4, -0.2) is 11.2 Å². The molecule has 0 bridgehead atoms. The molecular weight excluding hydrogens is 263 g/mol. The van der Waals surface area contributed by atoms with Crippen molar-refractivity contribution in [2.24, 2.45) is 0 Å². The number of urea groups is 1. The van der Waals surface area contributed by atoms with E-state index in [0.717, 1.165) is 12.1 Å². The Morgan fingerprint density at radius 2 is 1.89 bits per heavy atom. The van der Waals surface area contributed by atoms with Crippen LogP contribution in [0, 0.1) is 0 Å². The highest BCUT2D eigenvalue weighted by atomic mass is 19.4. The van der Waals surface area contributed by atoms with E-state index >= 15 is 0 Å². The number of para-hydroxylation sites is 1. The van der Waals surface area contributed by atoms with Crippen molar-refractivity contribution in [2.75, 3.05) is 10.6 Å². The number of amides is 2. The highest BCUT2D eigenvalue weighted by Gasteiger charge is 2.33. The second-order valence-electron chi connectivity index (χ2n) is 3.50. The normalized spacial score (nSPS) is 11.1. The fourth-order valence-corrected chi connectivity index (χ4v) is 1.39. The number of anilines is 2. The third-order valence-corrected chi connectivity index (χ3v) is 2.16. The zero-order valence-electron chi connectivity index (χ0n) is 9.36. The molecule has 1 heterocycles. The van der Waals surface area contributed by atoms with Crippen LogP contribution in [-0.2, 0) is 6.18 Å². The molecule has 0 atom stereocenters. The van der Waals surface area contributed by atoms with E-state index in [0.29, 0.717) is 0 Å². The van der Waals surface area contributed by atoms with Gasteiger partial charge >= 0.3 is 12.2 Å². The first-order valence-corrected chi connectivity index (χ1v) is 5.12. The lowest BCUT2D eigenvalue weighted by Crippen LogP contribution is -2.21. The molecule has 19 heavy (non-hydrogen) atoms. The van der Waals surface area contributed by atoms with Crippen molar-refractivity contribution in [1.29, 1.82) is 0 Å². The number of aromatic nitrogens is 1. The van der Waals surface area contributed by atoms with E-state index in [-0.39, 0.29) is 11.6 Å². The van der Waals surface area contributed by atoms with Crippen molar-refractivity contribution in [1.82, 2.24) is 5.16 Å². The number of nitrogens with zero attached hydrogens (tertiary/aromatic N) is 1. The van der Waals surface area contributed by atoms with Crippen LogP contribution in [0.3, 0.4) is 0 Å². The van der Waals surface area contributed by atoms with Gasteiger partial charge in [-0.1, -0.05) is 17.3 Å². The van der Waals surface area contributed by atoms with E-state index in [1.807, 2.05) is 0 Å². The molecule has 0 aliphatic heterocycles. The maximum Gasteiger partial charge on any atom is 0.418 e. The largest absolute Gasteiger partial charge is 0.418 e. The number of rotatable bonds is 2. The number of hydrogen-bond acceptors (Lipinski definition) is 3. The molecule has 0 unspecified atom stereocenters. The number of benzene rings is 1. The number of carbonyl (C=O) groups is 1. The first-order chi connectivity index (χ1) is 8.97. The SMILES string of the molecule is O=C(Nc1ccno1)Nc1ccccc1C(F)(F)F. The molecule has 5 nitrogen and oxygen atoms in total. The van der Waals surface area contributed by atoms with E-state index in [2.05, 4.69) is 20.3 Å². The fourth-order valence-electron chi connectivity index (χ4n) is 1.39. The standard InChI is InChI=1S/C11H8F3N3O2/c12-11(13,14)7-3-1-2-4-8(7)16-10(18)17-9-5-6-15-19-9/h1-6H,(H2,16,17,18). The summed E-state index contributed by atoms with van der Waals surface area (Å²) in [6.07, 6.45) is -3.25. The van der Waals surface area contributed by atoms with E-state index in [1.165, 1.54) is 24.4 Å². The van der Waals surface area contributed by atoms with Crippen LogP contribution in [0.2, 0.25) is 0 Å². The molecule has 100 valence electrons. The Bertz CT molecular complexity index is 567. The smallest absolute Gasteiger partial charge is 0.338 e. The van der Waals surface area contributed by atoms with Gasteiger partial charge in [0.2, 0.25) is 5.88 Å². The molecule has 1 aromatic heterocycles. The summed E-state index contributed by atoms with van der Waals surface area (Å²) in [4.78, 5) is 11.5. The average Bonchev–Trinajstić information content (AvgIpc) is 2.81. The van der Waals surface area contributed by atoms with E-state index in [1.54, 1.807) is 0 Å². The Labute approximate surface area is 105 Å². The lowest BCUT2D eigenvalue weighted by molar-refractivity contribution is -0.136. The van der Waals surface area contributed by atoms with Crippen LogP contribution < -0.4 is 10.6 Å². The molecule has 0 radical (unpaired) electrons. The minimum atomic E-state index is -4.55. The second-order valence-corrected chi connectivity index (χ2v) is 3.50. The van der Waals surface area contributed by atoms with Crippen LogP contribution in [0.1, 0.15) is 5.56 Å². The van der Waals surface area contributed by atoms with Gasteiger partial charge in [0.15, 0.2) is 0 Å². The van der Waals surface area contributed by atoms with Crippen LogP contribution in [0.5, 0.6) is 0 Å². The summed E-state index contributed by atoms with van der Waals surface area (Å²) in [5.74, 6) is 0.0296. The number of carbonyl (C=O) groups excluding carboxylic acids is 1. The van der Waals surface area contributed by atoms with Gasteiger partial charge in [-0.3, -0.25) is 5.32 Å². The topological polar surface area (TPSA) is 67.2 Å². The predicted octanol–water partition coefficient (Wildman–Crippen LogP) is 3.34. The van der Waals surface area contributed by atoms with Gasteiger partial charge < -0.3 is 9.84 Å². The molecule has 2 aromatic rings. The Hall–Kier alpha value is -2.51. The molecule has 0 saturated carbocycles. The van der Waals surface area contributed by atoms with Gasteiger partial charge in [-0.05, 0) is 12.1 Å². The minimum Gasteiger partial charge on any atom is -0.338 e. The van der Waals surface area contributed by atoms with Crippen molar-refractivity contribution < 1.29 is 22.5 Å². The van der Waals surface area contributed by atoms with Crippen molar-refractivity contribution in [2.45, 2.75) is 6.18 Å². The summed E-state index contributed by atoms with van der Waals surface area (Å²) in [5.41, 5.74) is -1.27. The summed E-state index contributed by atoms with van der Waals surface area (Å²) < 4.78 is 42.6. The monoisotopic (exact) mass is 271 g/mol. The van der Waals surface area contributed by atoms with Crippen molar-refractivity contribution in [3.63, 3.8) is 0 Å². The lowest BCUT2D eigenvalue weighted by Gasteiger charge is -2.13. The van der Waals surface area contributed by atoms with Crippen molar-refractivity contribution >= 4 is 17.6 Å². The molecule has 1 aromatic carbocycles. The third kappa shape index (κ3) is 3.24. The zero-order chi connectivity index (χ0) is 13.9. The van der Waals surface area contributed by atoms with E-state index in [9.17, 15) is 18.0 Å². The summed E-state index contributed by atoms with van der Waals surface area (Å²) in [6, 6.07) is 5.16. The van der Waals surface area contributed by atoms with Crippen molar-refractivity contribution in [3.05, 3.63) is 42.1 Å². The maximum absolute atomic E-state index is 12.7. The zero-order valence-corrected chi connectivity index (χ0v) is 9.36. The number of alkyl halides is 3. The van der Waals surface area contributed by atoms with Crippen molar-refractivity contribution in [3.8, 4) is 0 Å². The molecule has 0 aliphatic carbocycles. The Morgan fingerprint density at radius 1 is 1.16 bits per heavy atom. The third-order valence-electron chi connectivity index (χ3n) is 2.16. The second kappa shape index (κ2) is 5.01. The Balaban J connectivity index is 2.13. The van der Waals surface area contributed by atoms with Crippen LogP contribution >= 0.6 is 0 Å². The van der Waals surface area contributed by atoms with Crippen LogP contribution in [0.15, 0.2) is 41.1 Å². The van der Waals surface area contributed by atoms with Crippen LogP contribution in [0.25, 0.3) is 0 Å². The Kier molecular flexibility index (Phi) is 3.41. The van der Waals surface area contributed by atoms with Gasteiger partial charge in [-0.2, -0.15) is 13.2 Å². The summed E-state index contributed by atoms with van der Waals surface area (Å²) in [5, 5.41) is 7.64. The first kappa shape index (κ1) is 12.9. The van der Waals surface area contributed by atoms with Gasteiger partial charge in [0.1, 0.15) is 0 Å². The minimum absolute atomic E-state index is 0.0296. The predicted molar refractivity (Wildman–Crippen MR) is 60.6 cm³/mol. The molecule has 2 rings (SSSR count). The average molecular weight is 271 g/mol. The number of nitrogens with one attached hydrogen (secondary N) is 2. The van der Waals surface area contributed by atoms with Gasteiger partial charge in [0, 0.05) is 6.07 Å². The molecule has 0 aliphatic rings. The highest BCUT2D eigenvalue weighted by Crippen LogP contribution is 2.34. The van der Waals surface area contributed by atoms with Gasteiger partial charge in [0.25, 0.3) is 0 Å². The van der Waals surface area contributed by atoms with E-state index in [4.69, 9.17) is 0 Å². The fraction of sp³-hybridized carbons (Fsp3) is 0.0909. The van der Waals surface area contributed by atoms with Gasteiger partial charge in [-0.25, -0.2) is 4.79 Å². The molecule has 0 spiro atoms. The summed E-state index contributed by atoms with van der Waals surface area (Å²) in [7, 11) is 0. The highest BCUT2D eigenvalue weighted by molar-refractivity contribution is 5.99. The van der Waals surface area contributed by atoms with Gasteiger partial charge in [0.05, 0.1) is 17.4 Å². The molecule has 0 fully saturated rings. The Morgan fingerprint density at radius 3 is 2.53 bits per heavy atom. The van der Waals surface area contributed by atoms with Crippen LogP contribution in [0.4, 0.5) is 29.5 Å². The number of halogens is 3. The molecule has 2 N–H and O–H groups in total. The summed E-state index contributed by atoms with van der Waals surface area (Å²) in [6.45, 7) is 0.